The molecule has 1 aliphatic heterocycles. The molecule has 1 aromatic carbocycles. The molecule has 1 aromatic rings. The standard InChI is InChI=1S/C12H15NO2S/c1-3-4-10-12(14)13-9-6-5-8(15-2)7-11(9)16-10/h5-7,10H,3-4H2,1-2H3,(H,13,14). The fourth-order valence-electron chi connectivity index (χ4n) is 1.70. The molecule has 0 aromatic heterocycles. The molecule has 0 saturated heterocycles. The van der Waals surface area contributed by atoms with Crippen LogP contribution in [0.5, 0.6) is 5.75 Å². The van der Waals surface area contributed by atoms with Crippen LogP contribution in [0.2, 0.25) is 0 Å². The smallest absolute Gasteiger partial charge is 0.237 e. The Hall–Kier alpha value is -1.16. The number of nitrogens with one attached hydrogen (secondary N) is 1. The van der Waals surface area contributed by atoms with Gasteiger partial charge in [0.05, 0.1) is 18.0 Å². The summed E-state index contributed by atoms with van der Waals surface area (Å²) < 4.78 is 5.18. The topological polar surface area (TPSA) is 38.3 Å². The Kier molecular flexibility index (Phi) is 3.39. The highest BCUT2D eigenvalue weighted by Crippen LogP contribution is 2.39. The van der Waals surface area contributed by atoms with Gasteiger partial charge in [0.1, 0.15) is 5.75 Å². The molecule has 1 atom stereocenters. The second-order valence-corrected chi connectivity index (χ2v) is 4.99. The van der Waals surface area contributed by atoms with Crippen LogP contribution in [0.4, 0.5) is 5.69 Å². The summed E-state index contributed by atoms with van der Waals surface area (Å²) in [6.07, 6.45) is 1.93. The normalized spacial score (nSPS) is 18.9. The molecule has 1 unspecified atom stereocenters. The highest BCUT2D eigenvalue weighted by atomic mass is 32.2. The minimum absolute atomic E-state index is 0.0320. The lowest BCUT2D eigenvalue weighted by atomic mass is 10.2. The number of fused-ring (bicyclic) bond motifs is 1. The molecule has 0 radical (unpaired) electrons. The Labute approximate surface area is 99.6 Å². The van der Waals surface area contributed by atoms with E-state index in [0.29, 0.717) is 0 Å². The largest absolute Gasteiger partial charge is 0.497 e. The van der Waals surface area contributed by atoms with Gasteiger partial charge in [0.15, 0.2) is 0 Å². The summed E-state index contributed by atoms with van der Waals surface area (Å²) in [6, 6.07) is 5.73. The third kappa shape index (κ3) is 2.16. The Morgan fingerprint density at radius 1 is 1.50 bits per heavy atom. The lowest BCUT2D eigenvalue weighted by molar-refractivity contribution is -0.115. The van der Waals surface area contributed by atoms with Gasteiger partial charge in [-0.15, -0.1) is 11.8 Å². The predicted octanol–water partition coefficient (Wildman–Crippen LogP) is 2.91. The molecule has 0 saturated carbocycles. The van der Waals surface area contributed by atoms with Crippen molar-refractivity contribution in [3.05, 3.63) is 18.2 Å². The lowest BCUT2D eigenvalue weighted by Gasteiger charge is -2.24. The van der Waals surface area contributed by atoms with Gasteiger partial charge < -0.3 is 10.1 Å². The Morgan fingerprint density at radius 2 is 2.31 bits per heavy atom. The SMILES string of the molecule is CCCC1Sc2cc(OC)ccc2NC1=O. The van der Waals surface area contributed by atoms with E-state index >= 15 is 0 Å². The summed E-state index contributed by atoms with van der Waals surface area (Å²) in [4.78, 5) is 12.8. The highest BCUT2D eigenvalue weighted by molar-refractivity contribution is 8.01. The van der Waals surface area contributed by atoms with E-state index in [1.54, 1.807) is 18.9 Å². The lowest BCUT2D eigenvalue weighted by Crippen LogP contribution is -2.28. The predicted molar refractivity (Wildman–Crippen MR) is 66.2 cm³/mol. The number of benzene rings is 1. The van der Waals surface area contributed by atoms with Crippen LogP contribution in [0, 0.1) is 0 Å². The second-order valence-electron chi connectivity index (χ2n) is 3.75. The molecule has 1 heterocycles. The fourth-order valence-corrected chi connectivity index (χ4v) is 2.96. The van der Waals surface area contributed by atoms with Gasteiger partial charge in [-0.25, -0.2) is 0 Å². The van der Waals surface area contributed by atoms with E-state index in [-0.39, 0.29) is 11.2 Å². The number of carbonyl (C=O) groups is 1. The monoisotopic (exact) mass is 237 g/mol. The molecule has 4 heteroatoms. The molecule has 86 valence electrons. The first kappa shape index (κ1) is 11.3. The van der Waals surface area contributed by atoms with E-state index in [0.717, 1.165) is 29.2 Å². The van der Waals surface area contributed by atoms with Crippen molar-refractivity contribution in [1.29, 1.82) is 0 Å². The number of amides is 1. The van der Waals surface area contributed by atoms with E-state index < -0.39 is 0 Å². The van der Waals surface area contributed by atoms with Gasteiger partial charge in [-0.05, 0) is 24.6 Å². The van der Waals surface area contributed by atoms with E-state index in [9.17, 15) is 4.79 Å². The number of rotatable bonds is 3. The third-order valence-electron chi connectivity index (χ3n) is 2.56. The Balaban J connectivity index is 2.25. The summed E-state index contributed by atoms with van der Waals surface area (Å²) >= 11 is 1.63. The zero-order chi connectivity index (χ0) is 11.5. The summed E-state index contributed by atoms with van der Waals surface area (Å²) in [5.41, 5.74) is 0.892. The molecule has 0 spiro atoms. The minimum atomic E-state index is 0.0320. The van der Waals surface area contributed by atoms with Crippen LogP contribution < -0.4 is 10.1 Å². The molecule has 0 aliphatic carbocycles. The molecule has 2 rings (SSSR count). The highest BCUT2D eigenvalue weighted by Gasteiger charge is 2.26. The molecular weight excluding hydrogens is 222 g/mol. The summed E-state index contributed by atoms with van der Waals surface area (Å²) in [6.45, 7) is 2.09. The van der Waals surface area contributed by atoms with E-state index in [1.807, 2.05) is 18.2 Å². The van der Waals surface area contributed by atoms with Crippen molar-refractivity contribution >= 4 is 23.4 Å². The number of methoxy groups -OCH3 is 1. The van der Waals surface area contributed by atoms with E-state index in [4.69, 9.17) is 4.74 Å². The molecule has 0 fully saturated rings. The van der Waals surface area contributed by atoms with E-state index in [1.165, 1.54) is 0 Å². The maximum Gasteiger partial charge on any atom is 0.237 e. The van der Waals surface area contributed by atoms with Crippen molar-refractivity contribution in [1.82, 2.24) is 0 Å². The molecule has 16 heavy (non-hydrogen) atoms. The van der Waals surface area contributed by atoms with Gasteiger partial charge in [0.25, 0.3) is 0 Å². The number of anilines is 1. The van der Waals surface area contributed by atoms with Gasteiger partial charge in [0, 0.05) is 4.90 Å². The zero-order valence-electron chi connectivity index (χ0n) is 9.45. The first-order chi connectivity index (χ1) is 7.74. The number of thioether (sulfide) groups is 1. The summed E-state index contributed by atoms with van der Waals surface area (Å²) in [5.74, 6) is 0.946. The second kappa shape index (κ2) is 4.78. The minimum Gasteiger partial charge on any atom is -0.497 e. The van der Waals surface area contributed by atoms with Crippen molar-refractivity contribution in [2.45, 2.75) is 29.9 Å². The van der Waals surface area contributed by atoms with E-state index in [2.05, 4.69) is 12.2 Å². The van der Waals surface area contributed by atoms with Crippen LogP contribution in [-0.4, -0.2) is 18.3 Å². The van der Waals surface area contributed by atoms with Crippen molar-refractivity contribution in [2.75, 3.05) is 12.4 Å². The first-order valence-electron chi connectivity index (χ1n) is 5.40. The van der Waals surface area contributed by atoms with Gasteiger partial charge in [-0.3, -0.25) is 4.79 Å². The van der Waals surface area contributed by atoms with Crippen LogP contribution >= 0.6 is 11.8 Å². The van der Waals surface area contributed by atoms with Gasteiger partial charge in [-0.2, -0.15) is 0 Å². The van der Waals surface area contributed by atoms with Crippen molar-refractivity contribution in [2.24, 2.45) is 0 Å². The molecule has 1 amide bonds. The van der Waals surface area contributed by atoms with Crippen molar-refractivity contribution in [3.63, 3.8) is 0 Å². The van der Waals surface area contributed by atoms with Crippen LogP contribution in [0.3, 0.4) is 0 Å². The number of hydrogen-bond acceptors (Lipinski definition) is 3. The van der Waals surface area contributed by atoms with Gasteiger partial charge in [0.2, 0.25) is 5.91 Å². The van der Waals surface area contributed by atoms with Crippen LogP contribution in [0.25, 0.3) is 0 Å². The van der Waals surface area contributed by atoms with Gasteiger partial charge in [-0.1, -0.05) is 13.3 Å². The third-order valence-corrected chi connectivity index (χ3v) is 3.89. The van der Waals surface area contributed by atoms with Crippen LogP contribution in [0.15, 0.2) is 23.1 Å². The summed E-state index contributed by atoms with van der Waals surface area (Å²) in [7, 11) is 1.65. The number of hydrogen-bond donors (Lipinski definition) is 1. The molecule has 3 nitrogen and oxygen atoms in total. The first-order valence-corrected chi connectivity index (χ1v) is 6.28. The van der Waals surface area contributed by atoms with Crippen molar-refractivity contribution in [3.8, 4) is 5.75 Å². The number of ether oxygens (including phenoxy) is 1. The maximum atomic E-state index is 11.7. The summed E-state index contributed by atoms with van der Waals surface area (Å²) in [5, 5.41) is 2.96. The maximum absolute atomic E-state index is 11.7. The molecular formula is C12H15NO2S. The average molecular weight is 237 g/mol. The Bertz CT molecular complexity index is 406. The average Bonchev–Trinajstić information content (AvgIpc) is 2.30. The quantitative estimate of drug-likeness (QED) is 0.878. The van der Waals surface area contributed by atoms with Crippen LogP contribution in [0.1, 0.15) is 19.8 Å². The van der Waals surface area contributed by atoms with Gasteiger partial charge >= 0.3 is 0 Å². The van der Waals surface area contributed by atoms with Crippen molar-refractivity contribution < 1.29 is 9.53 Å². The zero-order valence-corrected chi connectivity index (χ0v) is 10.3. The Morgan fingerprint density at radius 3 is 3.00 bits per heavy atom. The molecule has 1 N–H and O–H groups in total. The molecule has 0 bridgehead atoms. The van der Waals surface area contributed by atoms with Crippen LogP contribution in [-0.2, 0) is 4.79 Å². The molecule has 1 aliphatic rings. The fraction of sp³-hybridized carbons (Fsp3) is 0.417. The number of carbonyl (C=O) groups excluding carboxylic acids is 1.